The number of alkyl halides is 1. The first kappa shape index (κ1) is 13.0. The lowest BCUT2D eigenvalue weighted by Crippen LogP contribution is -2.08. The van der Waals surface area contributed by atoms with Crippen LogP contribution in [-0.4, -0.2) is 38.0 Å². The summed E-state index contributed by atoms with van der Waals surface area (Å²) < 4.78 is 9.63. The zero-order chi connectivity index (χ0) is 10.8. The summed E-state index contributed by atoms with van der Waals surface area (Å²) >= 11 is 5.35. The zero-order valence-corrected chi connectivity index (χ0v) is 8.92. The highest BCUT2D eigenvalue weighted by Gasteiger charge is 2.00. The van der Waals surface area contributed by atoms with E-state index in [0.29, 0.717) is 24.6 Å². The smallest absolute Gasteiger partial charge is 0.333 e. The fraction of sp³-hybridized carbons (Fsp3) is 0.556. The molecule has 0 saturated heterocycles. The van der Waals surface area contributed by atoms with Gasteiger partial charge in [0.2, 0.25) is 0 Å². The number of aliphatic imine (C=N–C) groups is 1. The molecule has 0 amide bonds. The van der Waals surface area contributed by atoms with Crippen LogP contribution in [0.15, 0.2) is 17.1 Å². The molecule has 0 aromatic rings. The molecule has 0 aliphatic rings. The zero-order valence-electron chi connectivity index (χ0n) is 8.16. The number of nitrogens with zero attached hydrogens (tertiary/aromatic N) is 1. The van der Waals surface area contributed by atoms with Crippen LogP contribution in [0.25, 0.3) is 0 Å². The maximum absolute atomic E-state index is 10.9. The van der Waals surface area contributed by atoms with Crippen LogP contribution >= 0.6 is 11.6 Å². The molecule has 0 radical (unpaired) electrons. The summed E-state index contributed by atoms with van der Waals surface area (Å²) in [5.41, 5.74) is 0.382. The normalized spacial score (nSPS) is 10.1. The average Bonchev–Trinajstić information content (AvgIpc) is 2.16. The van der Waals surface area contributed by atoms with Gasteiger partial charge < -0.3 is 9.47 Å². The van der Waals surface area contributed by atoms with E-state index in [1.807, 2.05) is 0 Å². The van der Waals surface area contributed by atoms with Crippen LogP contribution in [0, 0.1) is 0 Å². The van der Waals surface area contributed by atoms with Crippen molar-refractivity contribution in [1.29, 1.82) is 0 Å². The van der Waals surface area contributed by atoms with E-state index in [1.54, 1.807) is 6.92 Å². The Morgan fingerprint density at radius 1 is 1.57 bits per heavy atom. The van der Waals surface area contributed by atoms with E-state index in [0.717, 1.165) is 0 Å². The third kappa shape index (κ3) is 7.61. The number of esters is 1. The first-order chi connectivity index (χ1) is 6.68. The molecule has 4 nitrogen and oxygen atoms in total. The van der Waals surface area contributed by atoms with Gasteiger partial charge in [-0.25, -0.2) is 4.79 Å². The largest absolute Gasteiger partial charge is 0.482 e. The van der Waals surface area contributed by atoms with Gasteiger partial charge in [0.25, 0.3) is 0 Å². The van der Waals surface area contributed by atoms with Crippen LogP contribution in [0.1, 0.15) is 6.92 Å². The van der Waals surface area contributed by atoms with Crippen molar-refractivity contribution in [2.45, 2.75) is 6.92 Å². The van der Waals surface area contributed by atoms with E-state index in [9.17, 15) is 4.79 Å². The molecule has 0 aliphatic heterocycles. The van der Waals surface area contributed by atoms with Crippen LogP contribution in [0.4, 0.5) is 0 Å². The molecule has 0 N–H and O–H groups in total. The summed E-state index contributed by atoms with van der Waals surface area (Å²) in [5, 5.41) is 0. The number of halogens is 1. The summed E-state index contributed by atoms with van der Waals surface area (Å²) in [6.07, 6.45) is 1.30. The molecule has 0 fully saturated rings. The lowest BCUT2D eigenvalue weighted by Gasteiger charge is -2.00. The third-order valence-electron chi connectivity index (χ3n) is 1.15. The quantitative estimate of drug-likeness (QED) is 0.162. The Balaban J connectivity index is 3.33. The highest BCUT2D eigenvalue weighted by molar-refractivity contribution is 6.18. The fourth-order valence-corrected chi connectivity index (χ4v) is 0.606. The molecule has 0 rings (SSSR count). The van der Waals surface area contributed by atoms with Gasteiger partial charge in [-0.1, -0.05) is 6.58 Å². The minimum atomic E-state index is -0.401. The van der Waals surface area contributed by atoms with Crippen molar-refractivity contribution in [3.63, 3.8) is 0 Å². The second-order valence-electron chi connectivity index (χ2n) is 2.49. The third-order valence-corrected chi connectivity index (χ3v) is 1.30. The molecule has 0 bridgehead atoms. The SMILES string of the molecule is C=C(C)C(=O)OCCN=COCCCl. The molecule has 5 heteroatoms. The topological polar surface area (TPSA) is 47.9 Å². The number of carbonyl (C=O) groups is 1. The van der Waals surface area contributed by atoms with Crippen molar-refractivity contribution in [2.75, 3.05) is 25.6 Å². The number of ether oxygens (including phenoxy) is 2. The molecule has 0 heterocycles. The van der Waals surface area contributed by atoms with E-state index in [2.05, 4.69) is 11.6 Å². The molecule has 0 saturated carbocycles. The lowest BCUT2D eigenvalue weighted by molar-refractivity contribution is -0.138. The number of rotatable bonds is 7. The molecule has 0 aromatic carbocycles. The monoisotopic (exact) mass is 219 g/mol. The number of carbonyl (C=O) groups excluding carboxylic acids is 1. The minimum absolute atomic E-state index is 0.229. The maximum Gasteiger partial charge on any atom is 0.333 e. The van der Waals surface area contributed by atoms with Crippen molar-refractivity contribution in [2.24, 2.45) is 4.99 Å². The minimum Gasteiger partial charge on any atom is -0.482 e. The maximum atomic E-state index is 10.9. The van der Waals surface area contributed by atoms with E-state index >= 15 is 0 Å². The Bertz CT molecular complexity index is 216. The van der Waals surface area contributed by atoms with E-state index < -0.39 is 5.97 Å². The Morgan fingerprint density at radius 2 is 2.29 bits per heavy atom. The van der Waals surface area contributed by atoms with Crippen LogP contribution in [-0.2, 0) is 14.3 Å². The number of hydrogen-bond donors (Lipinski definition) is 0. The van der Waals surface area contributed by atoms with Crippen LogP contribution in [0.5, 0.6) is 0 Å². The Labute approximate surface area is 88.6 Å². The van der Waals surface area contributed by atoms with Gasteiger partial charge in [0.05, 0.1) is 12.4 Å². The van der Waals surface area contributed by atoms with E-state index in [1.165, 1.54) is 6.40 Å². The molecule has 80 valence electrons. The van der Waals surface area contributed by atoms with E-state index in [4.69, 9.17) is 21.1 Å². The van der Waals surface area contributed by atoms with Crippen LogP contribution in [0.3, 0.4) is 0 Å². The van der Waals surface area contributed by atoms with Crippen molar-refractivity contribution in [1.82, 2.24) is 0 Å². The van der Waals surface area contributed by atoms with Gasteiger partial charge >= 0.3 is 5.97 Å². The first-order valence-electron chi connectivity index (χ1n) is 4.17. The molecule has 0 aliphatic carbocycles. The predicted octanol–water partition coefficient (Wildman–Crippen LogP) is 1.39. The van der Waals surface area contributed by atoms with Crippen LogP contribution in [0.2, 0.25) is 0 Å². The molecule has 14 heavy (non-hydrogen) atoms. The van der Waals surface area contributed by atoms with Crippen molar-refractivity contribution in [3.05, 3.63) is 12.2 Å². The van der Waals surface area contributed by atoms with Gasteiger partial charge in [-0.05, 0) is 6.92 Å². The summed E-state index contributed by atoms with van der Waals surface area (Å²) in [4.78, 5) is 14.7. The molecule has 0 atom stereocenters. The summed E-state index contributed by atoms with van der Waals surface area (Å²) in [6, 6.07) is 0. The predicted molar refractivity (Wildman–Crippen MR) is 55.8 cm³/mol. The van der Waals surface area contributed by atoms with Gasteiger partial charge in [0, 0.05) is 5.57 Å². The van der Waals surface area contributed by atoms with Crippen molar-refractivity contribution in [3.8, 4) is 0 Å². The summed E-state index contributed by atoms with van der Waals surface area (Å²) in [7, 11) is 0. The highest BCUT2D eigenvalue weighted by Crippen LogP contribution is 1.91. The Morgan fingerprint density at radius 3 is 2.86 bits per heavy atom. The molecule has 0 aromatic heterocycles. The van der Waals surface area contributed by atoms with E-state index in [-0.39, 0.29) is 6.61 Å². The molecular weight excluding hydrogens is 206 g/mol. The van der Waals surface area contributed by atoms with Crippen LogP contribution < -0.4 is 0 Å². The Hall–Kier alpha value is -1.03. The second-order valence-corrected chi connectivity index (χ2v) is 2.87. The van der Waals surface area contributed by atoms with Crippen molar-refractivity contribution < 1.29 is 14.3 Å². The summed E-state index contributed by atoms with van der Waals surface area (Å²) in [5.74, 6) is 0.0262. The number of hydrogen-bond acceptors (Lipinski definition) is 4. The fourth-order valence-electron chi connectivity index (χ4n) is 0.517. The second kappa shape index (κ2) is 8.56. The lowest BCUT2D eigenvalue weighted by atomic mass is 10.4. The van der Waals surface area contributed by atoms with Crippen molar-refractivity contribution >= 4 is 24.0 Å². The molecular formula is C9H14ClNO3. The average molecular weight is 220 g/mol. The standard InChI is InChI=1S/C9H14ClNO3/c1-8(2)9(12)14-6-4-11-7-13-5-3-10/h7H,1,3-6H2,2H3. The van der Waals surface area contributed by atoms with Gasteiger partial charge in [0.1, 0.15) is 13.2 Å². The van der Waals surface area contributed by atoms with Gasteiger partial charge in [-0.3, -0.25) is 4.99 Å². The van der Waals surface area contributed by atoms with Gasteiger partial charge in [0.15, 0.2) is 6.40 Å². The molecule has 0 spiro atoms. The summed E-state index contributed by atoms with van der Waals surface area (Å²) in [6.45, 7) is 6.07. The Kier molecular flexibility index (Phi) is 7.93. The first-order valence-corrected chi connectivity index (χ1v) is 4.70. The highest BCUT2D eigenvalue weighted by atomic mass is 35.5. The van der Waals surface area contributed by atoms with Gasteiger partial charge in [-0.15, -0.1) is 11.6 Å². The molecule has 0 unspecified atom stereocenters. The van der Waals surface area contributed by atoms with Gasteiger partial charge in [-0.2, -0.15) is 0 Å².